The van der Waals surface area contributed by atoms with E-state index >= 15 is 0 Å². The van der Waals surface area contributed by atoms with Crippen molar-refractivity contribution < 1.29 is 40.3 Å². The number of ether oxygens (including phenoxy) is 1. The van der Waals surface area contributed by atoms with Gasteiger partial charge in [0.25, 0.3) is 12.3 Å². The SMILES string of the molecule is C/N=C(/N)S[C@@]1(C(F)F)C[C@H]1c1cc(NC(=O)c2ncc(OCC(F)(F)F)cc2C)cc(F)c1F. The molecule has 0 bridgehead atoms. The van der Waals surface area contributed by atoms with Gasteiger partial charge in [0.1, 0.15) is 11.4 Å². The van der Waals surface area contributed by atoms with E-state index in [9.17, 15) is 35.5 Å². The molecule has 2 aromatic rings. The first-order chi connectivity index (χ1) is 16.3. The molecule has 6 nitrogen and oxygen atoms in total. The summed E-state index contributed by atoms with van der Waals surface area (Å²) in [6.07, 6.45) is -6.77. The van der Waals surface area contributed by atoms with Gasteiger partial charge in [-0.05, 0) is 36.6 Å². The molecule has 3 N–H and O–H groups in total. The van der Waals surface area contributed by atoms with Crippen LogP contribution in [0.3, 0.4) is 0 Å². The van der Waals surface area contributed by atoms with Gasteiger partial charge in [-0.2, -0.15) is 13.2 Å². The molecule has 14 heteroatoms. The lowest BCUT2D eigenvalue weighted by molar-refractivity contribution is -0.153. The first kappa shape index (κ1) is 26.6. The van der Waals surface area contributed by atoms with E-state index in [1.165, 1.54) is 14.0 Å². The first-order valence-corrected chi connectivity index (χ1v) is 10.7. The highest BCUT2D eigenvalue weighted by Gasteiger charge is 2.63. The molecule has 1 aromatic carbocycles. The Morgan fingerprint density at radius 2 is 2.03 bits per heavy atom. The predicted octanol–water partition coefficient (Wildman–Crippen LogP) is 5.03. The molecule has 0 unspecified atom stereocenters. The zero-order valence-electron chi connectivity index (χ0n) is 18.2. The van der Waals surface area contributed by atoms with Crippen molar-refractivity contribution in [3.8, 4) is 5.75 Å². The number of nitrogens with zero attached hydrogens (tertiary/aromatic N) is 2. The van der Waals surface area contributed by atoms with E-state index in [4.69, 9.17) is 5.73 Å². The van der Waals surface area contributed by atoms with Gasteiger partial charge >= 0.3 is 6.18 Å². The van der Waals surface area contributed by atoms with E-state index < -0.39 is 47.4 Å². The van der Waals surface area contributed by atoms with Crippen LogP contribution in [0.1, 0.15) is 34.0 Å². The van der Waals surface area contributed by atoms with Gasteiger partial charge in [0, 0.05) is 24.7 Å². The zero-order chi connectivity index (χ0) is 26.1. The van der Waals surface area contributed by atoms with Crippen molar-refractivity contribution in [1.82, 2.24) is 4.98 Å². The Morgan fingerprint density at radius 1 is 1.34 bits per heavy atom. The van der Waals surface area contributed by atoms with E-state index in [1.807, 2.05) is 0 Å². The fourth-order valence-corrected chi connectivity index (χ4v) is 4.52. The van der Waals surface area contributed by atoms with Crippen LogP contribution in [0.25, 0.3) is 0 Å². The number of carbonyl (C=O) groups excluding carboxylic acids is 1. The number of hydrogen-bond acceptors (Lipinski definition) is 5. The minimum Gasteiger partial charge on any atom is -0.482 e. The van der Waals surface area contributed by atoms with Crippen LogP contribution in [-0.4, -0.2) is 47.1 Å². The van der Waals surface area contributed by atoms with Gasteiger partial charge in [0.15, 0.2) is 23.4 Å². The van der Waals surface area contributed by atoms with Gasteiger partial charge in [-0.15, -0.1) is 0 Å². The second-order valence-electron chi connectivity index (χ2n) is 7.73. The van der Waals surface area contributed by atoms with Crippen molar-refractivity contribution in [1.29, 1.82) is 0 Å². The molecule has 0 spiro atoms. The molecule has 0 aliphatic heterocycles. The summed E-state index contributed by atoms with van der Waals surface area (Å²) in [5.41, 5.74) is 4.90. The van der Waals surface area contributed by atoms with E-state index in [0.717, 1.165) is 18.3 Å². The summed E-state index contributed by atoms with van der Waals surface area (Å²) in [4.78, 5) is 20.0. The Hall–Kier alpha value is -3.03. The number of rotatable bonds is 7. The van der Waals surface area contributed by atoms with Crippen LogP contribution in [0.4, 0.5) is 36.4 Å². The van der Waals surface area contributed by atoms with E-state index in [0.29, 0.717) is 17.8 Å². The van der Waals surface area contributed by atoms with E-state index in [1.54, 1.807) is 0 Å². The van der Waals surface area contributed by atoms with Gasteiger partial charge in [0.2, 0.25) is 0 Å². The molecule has 3 rings (SSSR count). The third kappa shape index (κ3) is 5.97. The number of halogens is 7. The van der Waals surface area contributed by atoms with Crippen LogP contribution in [0, 0.1) is 18.6 Å². The largest absolute Gasteiger partial charge is 0.482 e. The fraction of sp³-hybridized carbons (Fsp3) is 0.381. The highest BCUT2D eigenvalue weighted by atomic mass is 32.2. The number of thioether (sulfide) groups is 1. The van der Waals surface area contributed by atoms with Gasteiger partial charge < -0.3 is 15.8 Å². The summed E-state index contributed by atoms with van der Waals surface area (Å²) in [6, 6.07) is 2.87. The molecule has 1 aromatic heterocycles. The number of aryl methyl sites for hydroxylation is 1. The predicted molar refractivity (Wildman–Crippen MR) is 116 cm³/mol. The summed E-state index contributed by atoms with van der Waals surface area (Å²) < 4.78 is 96.0. The Bertz CT molecular complexity index is 1160. The van der Waals surface area contributed by atoms with Crippen molar-refractivity contribution in [2.45, 2.75) is 36.6 Å². The second kappa shape index (κ2) is 9.91. The lowest BCUT2D eigenvalue weighted by Gasteiger charge is -2.17. The summed E-state index contributed by atoms with van der Waals surface area (Å²) in [7, 11) is 1.31. The lowest BCUT2D eigenvalue weighted by Crippen LogP contribution is -2.24. The number of alkyl halides is 5. The smallest absolute Gasteiger partial charge is 0.422 e. The number of benzene rings is 1. The summed E-state index contributed by atoms with van der Waals surface area (Å²) >= 11 is 0.573. The number of nitrogens with one attached hydrogen (secondary N) is 1. The number of amidine groups is 1. The average Bonchev–Trinajstić information content (AvgIpc) is 3.49. The maximum atomic E-state index is 14.5. The maximum absolute atomic E-state index is 14.5. The van der Waals surface area contributed by atoms with Crippen LogP contribution in [-0.2, 0) is 0 Å². The standard InChI is InChI=1S/C21H19F7N4O2S/c1-9-3-11(34-8-21(26,27)28)7-31-16(9)17(33)32-10-4-12(15(23)14(22)5-10)13-6-20(13,18(24)25)35-19(29)30-2/h3-5,7,13,18H,6,8H2,1-2H3,(H2,29,30)(H,32,33)/t13-,20-/m0/s1. The highest BCUT2D eigenvalue weighted by molar-refractivity contribution is 8.15. The molecule has 35 heavy (non-hydrogen) atoms. The van der Waals surface area contributed by atoms with Crippen LogP contribution < -0.4 is 15.8 Å². The molecule has 1 aliphatic rings. The van der Waals surface area contributed by atoms with Gasteiger partial charge in [-0.1, -0.05) is 11.8 Å². The van der Waals surface area contributed by atoms with Crippen molar-refractivity contribution in [2.24, 2.45) is 10.7 Å². The number of amides is 1. The number of carbonyl (C=O) groups is 1. The van der Waals surface area contributed by atoms with Crippen molar-refractivity contribution >= 4 is 28.5 Å². The third-order valence-corrected chi connectivity index (χ3v) is 6.60. The molecule has 1 fully saturated rings. The fourth-order valence-electron chi connectivity index (χ4n) is 3.43. The molecular formula is C21H19F7N4O2S. The second-order valence-corrected chi connectivity index (χ2v) is 9.11. The lowest BCUT2D eigenvalue weighted by atomic mass is 10.1. The number of aliphatic imine (C=N–C) groups is 1. The summed E-state index contributed by atoms with van der Waals surface area (Å²) in [5.74, 6) is -4.89. The number of nitrogens with two attached hydrogens (primary N) is 1. The Balaban J connectivity index is 1.82. The third-order valence-electron chi connectivity index (χ3n) is 5.20. The van der Waals surface area contributed by atoms with Crippen LogP contribution in [0.5, 0.6) is 5.75 Å². The van der Waals surface area contributed by atoms with Crippen LogP contribution >= 0.6 is 11.8 Å². The first-order valence-electron chi connectivity index (χ1n) is 9.93. The molecule has 190 valence electrons. The van der Waals surface area contributed by atoms with Gasteiger partial charge in [-0.3, -0.25) is 9.79 Å². The molecule has 0 saturated heterocycles. The molecule has 1 aliphatic carbocycles. The topological polar surface area (TPSA) is 89.6 Å². The normalized spacial score (nSPS) is 20.2. The number of anilines is 1. The monoisotopic (exact) mass is 524 g/mol. The maximum Gasteiger partial charge on any atom is 0.422 e. The summed E-state index contributed by atoms with van der Waals surface area (Å²) in [5, 5.41) is 2.17. The molecule has 2 atom stereocenters. The van der Waals surface area contributed by atoms with E-state index in [2.05, 4.69) is 20.0 Å². The Kier molecular flexibility index (Phi) is 7.53. The highest BCUT2D eigenvalue weighted by Crippen LogP contribution is 2.64. The van der Waals surface area contributed by atoms with Gasteiger partial charge in [-0.25, -0.2) is 22.5 Å². The molecular weight excluding hydrogens is 505 g/mol. The van der Waals surface area contributed by atoms with Crippen molar-refractivity contribution in [3.63, 3.8) is 0 Å². The molecule has 1 saturated carbocycles. The number of hydrogen-bond donors (Lipinski definition) is 2. The van der Waals surface area contributed by atoms with Gasteiger partial charge in [0.05, 0.1) is 10.9 Å². The quantitative estimate of drug-likeness (QED) is 0.301. The van der Waals surface area contributed by atoms with Crippen molar-refractivity contribution in [3.05, 3.63) is 52.9 Å². The minimum absolute atomic E-state index is 0.137. The van der Waals surface area contributed by atoms with Crippen LogP contribution in [0.15, 0.2) is 29.4 Å². The van der Waals surface area contributed by atoms with E-state index in [-0.39, 0.29) is 39.8 Å². The Labute approximate surface area is 199 Å². The zero-order valence-corrected chi connectivity index (χ0v) is 19.0. The minimum atomic E-state index is -4.56. The summed E-state index contributed by atoms with van der Waals surface area (Å²) in [6.45, 7) is -0.163. The number of pyridine rings is 1. The average molecular weight is 524 g/mol. The van der Waals surface area contributed by atoms with Crippen molar-refractivity contribution in [2.75, 3.05) is 19.0 Å². The Morgan fingerprint density at radius 3 is 2.60 bits per heavy atom. The number of aromatic nitrogens is 1. The molecule has 0 radical (unpaired) electrons. The van der Waals surface area contributed by atoms with Crippen LogP contribution in [0.2, 0.25) is 0 Å². The molecule has 1 heterocycles. The molecule has 1 amide bonds.